The summed E-state index contributed by atoms with van der Waals surface area (Å²) in [4.78, 5) is 26.7. The van der Waals surface area contributed by atoms with Crippen LogP contribution in [-0.4, -0.2) is 48.4 Å². The molecule has 0 saturated carbocycles. The number of carbonyl (C=O) groups is 2. The highest BCUT2D eigenvalue weighted by Gasteiger charge is 2.29. The Bertz CT molecular complexity index is 683. The number of carbonyl (C=O) groups excluding carboxylic acids is 2. The summed E-state index contributed by atoms with van der Waals surface area (Å²) in [6.07, 6.45) is 2.38. The highest BCUT2D eigenvalue weighted by molar-refractivity contribution is 5.95. The molecule has 7 heteroatoms. The van der Waals surface area contributed by atoms with Gasteiger partial charge < -0.3 is 24.4 Å². The number of hydrogen-bond donors (Lipinski definition) is 1. The summed E-state index contributed by atoms with van der Waals surface area (Å²) >= 11 is 0. The summed E-state index contributed by atoms with van der Waals surface area (Å²) in [6, 6.07) is 5.18. The molecular weight excluding hydrogens is 336 g/mol. The van der Waals surface area contributed by atoms with E-state index in [0.29, 0.717) is 30.2 Å². The van der Waals surface area contributed by atoms with Gasteiger partial charge in [0, 0.05) is 24.7 Å². The minimum Gasteiger partial charge on any atom is -0.454 e. The van der Waals surface area contributed by atoms with Gasteiger partial charge in [0.1, 0.15) is 5.60 Å². The van der Waals surface area contributed by atoms with E-state index >= 15 is 0 Å². The van der Waals surface area contributed by atoms with Crippen LogP contribution in [0.5, 0.6) is 11.5 Å². The first-order valence-corrected chi connectivity index (χ1v) is 9.01. The molecule has 2 heterocycles. The Labute approximate surface area is 153 Å². The van der Waals surface area contributed by atoms with Crippen LogP contribution in [-0.2, 0) is 4.74 Å². The highest BCUT2D eigenvalue weighted by Crippen LogP contribution is 2.33. The highest BCUT2D eigenvalue weighted by atomic mass is 16.7. The molecule has 0 radical (unpaired) electrons. The lowest BCUT2D eigenvalue weighted by Crippen LogP contribution is -2.50. The SMILES string of the molecule is CC(C)(C)OC(=O)NCC1CCCCN1C(=O)c1ccc2c(c1)OCO2. The topological polar surface area (TPSA) is 77.1 Å². The fourth-order valence-electron chi connectivity index (χ4n) is 3.19. The lowest BCUT2D eigenvalue weighted by molar-refractivity contribution is 0.0462. The summed E-state index contributed by atoms with van der Waals surface area (Å²) < 4.78 is 15.9. The maximum absolute atomic E-state index is 13.0. The van der Waals surface area contributed by atoms with E-state index in [1.54, 1.807) is 18.2 Å². The van der Waals surface area contributed by atoms with E-state index in [1.807, 2.05) is 25.7 Å². The minimum atomic E-state index is -0.543. The zero-order valence-corrected chi connectivity index (χ0v) is 15.5. The van der Waals surface area contributed by atoms with Crippen LogP contribution < -0.4 is 14.8 Å². The van der Waals surface area contributed by atoms with Crippen molar-refractivity contribution in [3.05, 3.63) is 23.8 Å². The van der Waals surface area contributed by atoms with Crippen LogP contribution in [0.2, 0.25) is 0 Å². The maximum atomic E-state index is 13.0. The van der Waals surface area contributed by atoms with Crippen LogP contribution in [0, 0.1) is 0 Å². The zero-order valence-electron chi connectivity index (χ0n) is 15.5. The van der Waals surface area contributed by atoms with Crippen molar-refractivity contribution < 1.29 is 23.8 Å². The van der Waals surface area contributed by atoms with E-state index < -0.39 is 11.7 Å². The molecule has 7 nitrogen and oxygen atoms in total. The number of benzene rings is 1. The van der Waals surface area contributed by atoms with Gasteiger partial charge in [-0.2, -0.15) is 0 Å². The van der Waals surface area contributed by atoms with Crippen molar-refractivity contribution in [2.24, 2.45) is 0 Å². The monoisotopic (exact) mass is 362 g/mol. The average Bonchev–Trinajstić information content (AvgIpc) is 3.06. The smallest absolute Gasteiger partial charge is 0.407 e. The van der Waals surface area contributed by atoms with Crippen molar-refractivity contribution in [2.75, 3.05) is 19.9 Å². The molecule has 0 spiro atoms. The Balaban J connectivity index is 1.64. The van der Waals surface area contributed by atoms with Gasteiger partial charge in [0.05, 0.1) is 0 Å². The van der Waals surface area contributed by atoms with Crippen molar-refractivity contribution in [1.29, 1.82) is 0 Å². The molecule has 1 saturated heterocycles. The van der Waals surface area contributed by atoms with Gasteiger partial charge in [-0.3, -0.25) is 4.79 Å². The predicted molar refractivity (Wildman–Crippen MR) is 95.5 cm³/mol. The fourth-order valence-corrected chi connectivity index (χ4v) is 3.19. The number of amides is 2. The van der Waals surface area contributed by atoms with Gasteiger partial charge in [0.25, 0.3) is 5.91 Å². The van der Waals surface area contributed by atoms with Crippen LogP contribution in [0.25, 0.3) is 0 Å². The molecule has 142 valence electrons. The quantitative estimate of drug-likeness (QED) is 0.895. The first-order chi connectivity index (χ1) is 12.3. The predicted octanol–water partition coefficient (Wildman–Crippen LogP) is 2.93. The number of fused-ring (bicyclic) bond motifs is 1. The number of nitrogens with zero attached hydrogens (tertiary/aromatic N) is 1. The second-order valence-corrected chi connectivity index (χ2v) is 7.60. The molecule has 1 aromatic rings. The summed E-state index contributed by atoms with van der Waals surface area (Å²) in [7, 11) is 0. The van der Waals surface area contributed by atoms with Crippen molar-refractivity contribution in [3.63, 3.8) is 0 Å². The molecule has 1 aromatic carbocycles. The lowest BCUT2D eigenvalue weighted by atomic mass is 10.0. The number of piperidine rings is 1. The van der Waals surface area contributed by atoms with Crippen molar-refractivity contribution in [1.82, 2.24) is 10.2 Å². The van der Waals surface area contributed by atoms with E-state index in [1.165, 1.54) is 0 Å². The van der Waals surface area contributed by atoms with Crippen molar-refractivity contribution >= 4 is 12.0 Å². The molecule has 0 bridgehead atoms. The molecule has 26 heavy (non-hydrogen) atoms. The van der Waals surface area contributed by atoms with Gasteiger partial charge in [0.2, 0.25) is 6.79 Å². The number of nitrogens with one attached hydrogen (secondary N) is 1. The van der Waals surface area contributed by atoms with E-state index in [-0.39, 0.29) is 18.7 Å². The first kappa shape index (κ1) is 18.4. The van der Waals surface area contributed by atoms with Gasteiger partial charge in [-0.05, 0) is 58.2 Å². The third-order valence-corrected chi connectivity index (χ3v) is 4.39. The van der Waals surface area contributed by atoms with Crippen molar-refractivity contribution in [2.45, 2.75) is 51.7 Å². The molecule has 1 atom stereocenters. The Morgan fingerprint density at radius 1 is 1.23 bits per heavy atom. The molecular formula is C19H26N2O5. The summed E-state index contributed by atoms with van der Waals surface area (Å²) in [6.45, 7) is 6.70. The second-order valence-electron chi connectivity index (χ2n) is 7.60. The van der Waals surface area contributed by atoms with Crippen LogP contribution in [0.4, 0.5) is 4.79 Å². The van der Waals surface area contributed by atoms with Gasteiger partial charge in [-0.15, -0.1) is 0 Å². The molecule has 0 aromatic heterocycles. The largest absolute Gasteiger partial charge is 0.454 e. The second kappa shape index (κ2) is 7.43. The standard InChI is InChI=1S/C19H26N2O5/c1-19(2,3)26-18(23)20-11-14-6-4-5-9-21(14)17(22)13-7-8-15-16(10-13)25-12-24-15/h7-8,10,14H,4-6,9,11-12H2,1-3H3,(H,20,23). The number of alkyl carbamates (subject to hydrolysis) is 1. The van der Waals surface area contributed by atoms with E-state index in [2.05, 4.69) is 5.32 Å². The van der Waals surface area contributed by atoms with Crippen LogP contribution in [0.3, 0.4) is 0 Å². The Kier molecular flexibility index (Phi) is 5.25. The molecule has 2 amide bonds. The minimum absolute atomic E-state index is 0.0470. The van der Waals surface area contributed by atoms with Crippen molar-refractivity contribution in [3.8, 4) is 11.5 Å². The number of rotatable bonds is 3. The summed E-state index contributed by atoms with van der Waals surface area (Å²) in [5.74, 6) is 1.19. The van der Waals surface area contributed by atoms with Gasteiger partial charge in [0.15, 0.2) is 11.5 Å². The lowest BCUT2D eigenvalue weighted by Gasteiger charge is -2.36. The molecule has 2 aliphatic rings. The molecule has 1 N–H and O–H groups in total. The van der Waals surface area contributed by atoms with Gasteiger partial charge >= 0.3 is 6.09 Å². The Morgan fingerprint density at radius 2 is 2.00 bits per heavy atom. The normalized spacial score (nSPS) is 19.2. The number of hydrogen-bond acceptors (Lipinski definition) is 5. The van der Waals surface area contributed by atoms with Crippen LogP contribution in [0.1, 0.15) is 50.4 Å². The molecule has 1 unspecified atom stereocenters. The summed E-state index contributed by atoms with van der Waals surface area (Å²) in [5.41, 5.74) is 0.0250. The molecule has 0 aliphatic carbocycles. The van der Waals surface area contributed by atoms with Gasteiger partial charge in [-0.25, -0.2) is 4.79 Å². The maximum Gasteiger partial charge on any atom is 0.407 e. The third kappa shape index (κ3) is 4.39. The van der Waals surface area contributed by atoms with E-state index in [4.69, 9.17) is 14.2 Å². The Morgan fingerprint density at radius 3 is 2.77 bits per heavy atom. The average molecular weight is 362 g/mol. The number of likely N-dealkylation sites (tertiary alicyclic amines) is 1. The van der Waals surface area contributed by atoms with Crippen LogP contribution >= 0.6 is 0 Å². The van der Waals surface area contributed by atoms with E-state index in [9.17, 15) is 9.59 Å². The Hall–Kier alpha value is -2.44. The molecule has 1 fully saturated rings. The fraction of sp³-hybridized carbons (Fsp3) is 0.579. The van der Waals surface area contributed by atoms with Crippen LogP contribution in [0.15, 0.2) is 18.2 Å². The van der Waals surface area contributed by atoms with Gasteiger partial charge in [-0.1, -0.05) is 0 Å². The molecule has 3 rings (SSSR count). The molecule has 2 aliphatic heterocycles. The zero-order chi connectivity index (χ0) is 18.7. The first-order valence-electron chi connectivity index (χ1n) is 9.01. The van der Waals surface area contributed by atoms with E-state index in [0.717, 1.165) is 19.3 Å². The third-order valence-electron chi connectivity index (χ3n) is 4.39. The summed E-state index contributed by atoms with van der Waals surface area (Å²) in [5, 5.41) is 2.79. The number of ether oxygens (including phenoxy) is 3.